The molecule has 9 rings (SSSR count). The van der Waals surface area contributed by atoms with Crippen molar-refractivity contribution in [2.45, 2.75) is 19.3 Å². The summed E-state index contributed by atoms with van der Waals surface area (Å²) in [5.74, 6) is 0. The van der Waals surface area contributed by atoms with E-state index in [2.05, 4.69) is 176 Å². The summed E-state index contributed by atoms with van der Waals surface area (Å²) in [6.07, 6.45) is 0. The molecule has 0 saturated heterocycles. The van der Waals surface area contributed by atoms with Crippen LogP contribution in [0.2, 0.25) is 0 Å². The molecule has 0 aromatic heterocycles. The van der Waals surface area contributed by atoms with E-state index in [1.165, 1.54) is 65.5 Å². The Bertz CT molecular complexity index is 2300. The lowest BCUT2D eigenvalue weighted by Gasteiger charge is -2.40. The highest BCUT2D eigenvalue weighted by molar-refractivity contribution is 6.98. The van der Waals surface area contributed by atoms with E-state index < -0.39 is 0 Å². The monoisotopic (exact) mass is 573 g/mol. The van der Waals surface area contributed by atoms with Gasteiger partial charge in [0.2, 0.25) is 6.71 Å². The highest BCUT2D eigenvalue weighted by atomic mass is 15.1. The zero-order valence-corrected chi connectivity index (χ0v) is 25.5. The van der Waals surface area contributed by atoms with Crippen LogP contribution in [0.1, 0.15) is 25.0 Å². The fraction of sp³-hybridized carbons (Fsp3) is 0.0698. The molecule has 2 heteroatoms. The van der Waals surface area contributed by atoms with Crippen LogP contribution in [-0.4, -0.2) is 6.71 Å². The van der Waals surface area contributed by atoms with Crippen LogP contribution in [0, 0.1) is 0 Å². The van der Waals surface area contributed by atoms with E-state index >= 15 is 0 Å². The first kappa shape index (κ1) is 26.1. The number of hydrogen-bond donors (Lipinski definition) is 0. The molecule has 0 radical (unpaired) electrons. The lowest BCUT2D eigenvalue weighted by atomic mass is 9.31. The van der Waals surface area contributed by atoms with Gasteiger partial charge in [-0.25, -0.2) is 0 Å². The Labute approximate surface area is 264 Å². The number of fused-ring (bicyclic) bond motifs is 3. The van der Waals surface area contributed by atoms with Crippen molar-refractivity contribution in [1.29, 1.82) is 0 Å². The van der Waals surface area contributed by atoms with Crippen LogP contribution >= 0.6 is 0 Å². The van der Waals surface area contributed by atoms with Gasteiger partial charge in [0.25, 0.3) is 0 Å². The van der Waals surface area contributed by atoms with Crippen molar-refractivity contribution in [3.8, 4) is 0 Å². The lowest BCUT2D eigenvalue weighted by Crippen LogP contribution is -2.60. The van der Waals surface area contributed by atoms with Crippen molar-refractivity contribution in [2.24, 2.45) is 0 Å². The smallest absolute Gasteiger partial charge is 0.242 e. The van der Waals surface area contributed by atoms with Gasteiger partial charge in [0.05, 0.1) is 5.69 Å². The Balaban J connectivity index is 1.39. The number of benzene rings is 8. The second kappa shape index (κ2) is 9.84. The Morgan fingerprint density at radius 2 is 1.04 bits per heavy atom. The second-order valence-electron chi connectivity index (χ2n) is 12.9. The van der Waals surface area contributed by atoms with Gasteiger partial charge in [-0.05, 0) is 68.4 Å². The summed E-state index contributed by atoms with van der Waals surface area (Å²) >= 11 is 0. The quantitative estimate of drug-likeness (QED) is 0.150. The van der Waals surface area contributed by atoms with Crippen LogP contribution in [0.5, 0.6) is 0 Å². The van der Waals surface area contributed by atoms with E-state index in [0.717, 1.165) is 11.4 Å². The van der Waals surface area contributed by atoms with Crippen LogP contribution < -0.4 is 21.3 Å². The van der Waals surface area contributed by atoms with Crippen molar-refractivity contribution < 1.29 is 0 Å². The molecule has 45 heavy (non-hydrogen) atoms. The van der Waals surface area contributed by atoms with Gasteiger partial charge in [0.15, 0.2) is 0 Å². The zero-order chi connectivity index (χ0) is 30.1. The predicted octanol–water partition coefficient (Wildman–Crippen LogP) is 9.21. The summed E-state index contributed by atoms with van der Waals surface area (Å²) in [5.41, 5.74) is 10.4. The molecule has 1 nitrogen and oxygen atoms in total. The Morgan fingerprint density at radius 1 is 0.489 bits per heavy atom. The van der Waals surface area contributed by atoms with Crippen LogP contribution in [0.4, 0.5) is 17.1 Å². The highest BCUT2D eigenvalue weighted by Gasteiger charge is 2.41. The predicted molar refractivity (Wildman–Crippen MR) is 194 cm³/mol. The topological polar surface area (TPSA) is 3.24 Å². The lowest BCUT2D eigenvalue weighted by molar-refractivity contribution is 0.647. The van der Waals surface area contributed by atoms with Gasteiger partial charge < -0.3 is 4.90 Å². The minimum absolute atomic E-state index is 0.121. The van der Waals surface area contributed by atoms with Gasteiger partial charge >= 0.3 is 0 Å². The molecule has 0 amide bonds. The van der Waals surface area contributed by atoms with E-state index in [1.807, 2.05) is 0 Å². The molecule has 1 aliphatic heterocycles. The van der Waals surface area contributed by atoms with Crippen LogP contribution in [0.15, 0.2) is 158 Å². The maximum absolute atomic E-state index is 2.50. The Kier molecular flexibility index (Phi) is 5.71. The first-order chi connectivity index (χ1) is 22.1. The summed E-state index contributed by atoms with van der Waals surface area (Å²) in [5, 5.41) is 7.92. The maximum atomic E-state index is 2.50. The summed E-state index contributed by atoms with van der Waals surface area (Å²) < 4.78 is 0. The van der Waals surface area contributed by atoms with Crippen molar-refractivity contribution in [1.82, 2.24) is 0 Å². The van der Waals surface area contributed by atoms with Crippen molar-refractivity contribution >= 4 is 72.5 Å². The van der Waals surface area contributed by atoms with E-state index in [-0.39, 0.29) is 12.1 Å². The molecule has 0 bridgehead atoms. The summed E-state index contributed by atoms with van der Waals surface area (Å²) in [6, 6.07) is 58.2. The normalized spacial score (nSPS) is 13.7. The number of nitrogens with zero attached hydrogens (tertiary/aromatic N) is 1. The minimum Gasteiger partial charge on any atom is -0.310 e. The summed E-state index contributed by atoms with van der Waals surface area (Å²) in [4.78, 5) is 2.40. The standard InChI is InChI=1S/C43H32BN/c1-43(2)36-20-12-13-21-38(36)44(31-14-6-3-7-15-31)42-35-26-22-29-24-27-39(34-25-23-30(28-37(42)43)41(35)40(29)34)45(32-16-8-4-9-17-32)33-18-10-5-11-19-33/h3-28H,1-2H3. The minimum atomic E-state index is -0.121. The van der Waals surface area contributed by atoms with Crippen molar-refractivity contribution in [3.05, 3.63) is 169 Å². The zero-order valence-electron chi connectivity index (χ0n) is 25.5. The number of hydrogen-bond acceptors (Lipinski definition) is 1. The molecule has 0 N–H and O–H groups in total. The van der Waals surface area contributed by atoms with E-state index in [9.17, 15) is 0 Å². The van der Waals surface area contributed by atoms with Crippen LogP contribution in [0.3, 0.4) is 0 Å². The number of para-hydroxylation sites is 2. The second-order valence-corrected chi connectivity index (χ2v) is 12.9. The third kappa shape index (κ3) is 3.82. The molecule has 8 aromatic rings. The fourth-order valence-corrected chi connectivity index (χ4v) is 8.10. The molecule has 1 aliphatic rings. The average molecular weight is 574 g/mol. The maximum Gasteiger partial charge on any atom is 0.242 e. The molecule has 0 fully saturated rings. The molecule has 0 spiro atoms. The van der Waals surface area contributed by atoms with Gasteiger partial charge in [0.1, 0.15) is 0 Å². The molecule has 8 aromatic carbocycles. The number of rotatable bonds is 4. The third-order valence-electron chi connectivity index (χ3n) is 10.1. The van der Waals surface area contributed by atoms with E-state index in [1.54, 1.807) is 0 Å². The highest BCUT2D eigenvalue weighted by Crippen LogP contribution is 2.45. The van der Waals surface area contributed by atoms with Gasteiger partial charge in [-0.3, -0.25) is 0 Å². The van der Waals surface area contributed by atoms with Crippen molar-refractivity contribution in [3.63, 3.8) is 0 Å². The largest absolute Gasteiger partial charge is 0.310 e. The van der Waals surface area contributed by atoms with Gasteiger partial charge in [-0.1, -0.05) is 158 Å². The molecule has 212 valence electrons. The Hall–Kier alpha value is -5.34. The molecular formula is C43H32BN. The third-order valence-corrected chi connectivity index (χ3v) is 10.1. The van der Waals surface area contributed by atoms with Gasteiger partial charge in [0, 0.05) is 22.2 Å². The first-order valence-electron chi connectivity index (χ1n) is 15.9. The molecule has 0 unspecified atom stereocenters. The fourth-order valence-electron chi connectivity index (χ4n) is 8.10. The van der Waals surface area contributed by atoms with Gasteiger partial charge in [-0.2, -0.15) is 0 Å². The first-order valence-corrected chi connectivity index (χ1v) is 15.9. The van der Waals surface area contributed by atoms with Crippen molar-refractivity contribution in [2.75, 3.05) is 4.90 Å². The van der Waals surface area contributed by atoms with Gasteiger partial charge in [-0.15, -0.1) is 0 Å². The Morgan fingerprint density at radius 3 is 1.76 bits per heavy atom. The molecule has 0 saturated carbocycles. The molecule has 0 atom stereocenters. The number of anilines is 3. The average Bonchev–Trinajstić information content (AvgIpc) is 3.09. The SMILES string of the molecule is CC1(C)c2ccccc2B(c2ccccc2)c2c1cc1ccc3c(N(c4ccccc4)c4ccccc4)ccc4ccc2c1c43. The molecular weight excluding hydrogens is 541 g/mol. The van der Waals surface area contributed by atoms with E-state index in [4.69, 9.17) is 0 Å². The van der Waals surface area contributed by atoms with E-state index in [0.29, 0.717) is 0 Å². The summed E-state index contributed by atoms with van der Waals surface area (Å²) in [6.45, 7) is 4.97. The summed E-state index contributed by atoms with van der Waals surface area (Å²) in [7, 11) is 0. The molecule has 0 aliphatic carbocycles. The molecule has 1 heterocycles. The van der Waals surface area contributed by atoms with Crippen LogP contribution in [-0.2, 0) is 5.41 Å². The van der Waals surface area contributed by atoms with Crippen LogP contribution in [0.25, 0.3) is 32.3 Å².